The minimum atomic E-state index is -0.780. The lowest BCUT2D eigenvalue weighted by Crippen LogP contribution is -2.37. The van der Waals surface area contributed by atoms with Gasteiger partial charge in [0, 0.05) is 6.54 Å². The van der Waals surface area contributed by atoms with Crippen molar-refractivity contribution in [1.82, 2.24) is 4.90 Å². The number of methoxy groups -OCH3 is 2. The fourth-order valence-electron chi connectivity index (χ4n) is 2.89. The summed E-state index contributed by atoms with van der Waals surface area (Å²) in [4.78, 5) is 13.1. The fraction of sp³-hybridized carbons (Fsp3) is 0.562. The van der Waals surface area contributed by atoms with Crippen LogP contribution >= 0.6 is 0 Å². The zero-order valence-electron chi connectivity index (χ0n) is 13.0. The van der Waals surface area contributed by atoms with E-state index in [4.69, 9.17) is 14.6 Å². The molecule has 2 rings (SSSR count). The van der Waals surface area contributed by atoms with Crippen molar-refractivity contribution in [2.45, 2.75) is 31.4 Å². The van der Waals surface area contributed by atoms with E-state index in [0.29, 0.717) is 30.9 Å². The molecule has 1 heterocycles. The molecule has 2 unspecified atom stereocenters. The Morgan fingerprint density at radius 3 is 2.73 bits per heavy atom. The van der Waals surface area contributed by atoms with Crippen LogP contribution in [0.25, 0.3) is 0 Å². The first-order valence-corrected chi connectivity index (χ1v) is 7.43. The van der Waals surface area contributed by atoms with Crippen LogP contribution in [0.1, 0.15) is 30.9 Å². The lowest BCUT2D eigenvalue weighted by atomic mass is 10.1. The summed E-state index contributed by atoms with van der Waals surface area (Å²) in [7, 11) is 3.11. The highest BCUT2D eigenvalue weighted by Gasteiger charge is 2.30. The Morgan fingerprint density at radius 1 is 1.36 bits per heavy atom. The van der Waals surface area contributed by atoms with Crippen molar-refractivity contribution in [2.24, 2.45) is 0 Å². The third-order valence-electron chi connectivity index (χ3n) is 4.13. The van der Waals surface area contributed by atoms with Gasteiger partial charge in [-0.2, -0.15) is 0 Å². The Kier molecular flexibility index (Phi) is 5.63. The van der Waals surface area contributed by atoms with Crippen LogP contribution < -0.4 is 9.47 Å². The summed E-state index contributed by atoms with van der Waals surface area (Å²) in [5, 5.41) is 19.5. The number of hydrogen-bond acceptors (Lipinski definition) is 5. The molecule has 122 valence electrons. The second-order valence-corrected chi connectivity index (χ2v) is 5.45. The maximum Gasteiger partial charge on any atom is 0.320 e. The van der Waals surface area contributed by atoms with E-state index >= 15 is 0 Å². The second kappa shape index (κ2) is 7.47. The van der Waals surface area contributed by atoms with Gasteiger partial charge in [0.2, 0.25) is 0 Å². The molecule has 2 N–H and O–H groups in total. The number of rotatable bonds is 7. The predicted octanol–water partition coefficient (Wildman–Crippen LogP) is 1.68. The van der Waals surface area contributed by atoms with Crippen molar-refractivity contribution in [2.75, 3.05) is 27.3 Å². The van der Waals surface area contributed by atoms with Gasteiger partial charge in [-0.05, 0) is 43.5 Å². The number of benzene rings is 1. The van der Waals surface area contributed by atoms with Gasteiger partial charge in [-0.1, -0.05) is 6.07 Å². The third kappa shape index (κ3) is 3.69. The van der Waals surface area contributed by atoms with Crippen molar-refractivity contribution >= 4 is 5.97 Å². The molecule has 6 heteroatoms. The summed E-state index contributed by atoms with van der Waals surface area (Å²) in [6.07, 6.45) is 1.40. The Morgan fingerprint density at radius 2 is 2.09 bits per heavy atom. The highest BCUT2D eigenvalue weighted by molar-refractivity contribution is 5.73. The topological polar surface area (TPSA) is 79.2 Å². The minimum Gasteiger partial charge on any atom is -0.493 e. The molecule has 0 saturated carbocycles. The monoisotopic (exact) mass is 309 g/mol. The van der Waals surface area contributed by atoms with Crippen molar-refractivity contribution in [1.29, 1.82) is 0 Å². The molecular formula is C16H23NO5. The zero-order chi connectivity index (χ0) is 16.1. The molecule has 1 aromatic rings. The Balaban J connectivity index is 1.97. The summed E-state index contributed by atoms with van der Waals surface area (Å²) in [5.74, 6) is 0.408. The van der Waals surface area contributed by atoms with Crippen molar-refractivity contribution in [3.8, 4) is 11.5 Å². The van der Waals surface area contributed by atoms with Crippen LogP contribution in [0.4, 0.5) is 0 Å². The first-order valence-electron chi connectivity index (χ1n) is 7.43. The van der Waals surface area contributed by atoms with Gasteiger partial charge in [0.05, 0.1) is 20.3 Å². The van der Waals surface area contributed by atoms with Gasteiger partial charge in [-0.15, -0.1) is 0 Å². The van der Waals surface area contributed by atoms with Gasteiger partial charge in [0.15, 0.2) is 11.5 Å². The highest BCUT2D eigenvalue weighted by Crippen LogP contribution is 2.31. The third-order valence-corrected chi connectivity index (χ3v) is 4.13. The van der Waals surface area contributed by atoms with Gasteiger partial charge in [0.25, 0.3) is 0 Å². The number of ether oxygens (including phenoxy) is 2. The highest BCUT2D eigenvalue weighted by atomic mass is 16.5. The molecule has 1 aliphatic heterocycles. The van der Waals surface area contributed by atoms with Crippen LogP contribution in [0.5, 0.6) is 11.5 Å². The Hall–Kier alpha value is -1.79. The van der Waals surface area contributed by atoms with Crippen LogP contribution in [-0.2, 0) is 4.79 Å². The van der Waals surface area contributed by atoms with Gasteiger partial charge in [-0.3, -0.25) is 9.69 Å². The van der Waals surface area contributed by atoms with Gasteiger partial charge < -0.3 is 19.7 Å². The SMILES string of the molecule is COc1ccc(C(O)CCN2CCCC2C(=O)O)cc1OC. The molecule has 2 atom stereocenters. The van der Waals surface area contributed by atoms with Crippen molar-refractivity contribution < 1.29 is 24.5 Å². The van der Waals surface area contributed by atoms with Crippen LogP contribution in [0.2, 0.25) is 0 Å². The molecule has 0 radical (unpaired) electrons. The summed E-state index contributed by atoms with van der Waals surface area (Å²) in [6, 6.07) is 4.89. The molecule has 0 aliphatic carbocycles. The van der Waals surface area contributed by atoms with Gasteiger partial charge in [0.1, 0.15) is 6.04 Å². The van der Waals surface area contributed by atoms with Crippen LogP contribution in [0, 0.1) is 0 Å². The standard InChI is InChI=1S/C16H23NO5/c1-21-14-6-5-11(10-15(14)22-2)13(18)7-9-17-8-3-4-12(17)16(19)20/h5-6,10,12-13,18H,3-4,7-9H2,1-2H3,(H,19,20). The molecule has 22 heavy (non-hydrogen) atoms. The number of carbonyl (C=O) groups is 1. The van der Waals surface area contributed by atoms with Crippen LogP contribution in [0.15, 0.2) is 18.2 Å². The van der Waals surface area contributed by atoms with Gasteiger partial charge in [-0.25, -0.2) is 0 Å². The molecule has 0 bridgehead atoms. The van der Waals surface area contributed by atoms with Gasteiger partial charge >= 0.3 is 5.97 Å². The fourth-order valence-corrected chi connectivity index (χ4v) is 2.89. The predicted molar refractivity (Wildman–Crippen MR) is 81.4 cm³/mol. The Labute approximate surface area is 130 Å². The van der Waals surface area contributed by atoms with Crippen LogP contribution in [0.3, 0.4) is 0 Å². The summed E-state index contributed by atoms with van der Waals surface area (Å²) >= 11 is 0. The van der Waals surface area contributed by atoms with E-state index in [1.54, 1.807) is 32.4 Å². The molecule has 1 aliphatic rings. The number of aliphatic hydroxyl groups excluding tert-OH is 1. The maximum absolute atomic E-state index is 11.1. The number of hydrogen-bond donors (Lipinski definition) is 2. The molecule has 1 saturated heterocycles. The number of likely N-dealkylation sites (tertiary alicyclic amines) is 1. The summed E-state index contributed by atoms with van der Waals surface area (Å²) in [5.41, 5.74) is 0.740. The first-order chi connectivity index (χ1) is 10.6. The number of nitrogens with zero attached hydrogens (tertiary/aromatic N) is 1. The second-order valence-electron chi connectivity index (χ2n) is 5.45. The lowest BCUT2D eigenvalue weighted by Gasteiger charge is -2.22. The van der Waals surface area contributed by atoms with E-state index in [0.717, 1.165) is 18.5 Å². The molecule has 1 fully saturated rings. The lowest BCUT2D eigenvalue weighted by molar-refractivity contribution is -0.142. The maximum atomic E-state index is 11.1. The quantitative estimate of drug-likeness (QED) is 0.798. The first kappa shape index (κ1) is 16.6. The van der Waals surface area contributed by atoms with E-state index in [-0.39, 0.29) is 0 Å². The zero-order valence-corrected chi connectivity index (χ0v) is 13.0. The van der Waals surface area contributed by atoms with E-state index in [2.05, 4.69) is 0 Å². The molecular weight excluding hydrogens is 286 g/mol. The number of aliphatic carboxylic acids is 1. The normalized spacial score (nSPS) is 19.9. The summed E-state index contributed by atoms with van der Waals surface area (Å²) in [6.45, 7) is 1.34. The number of carboxylic acids is 1. The largest absolute Gasteiger partial charge is 0.493 e. The minimum absolute atomic E-state index is 0.419. The van der Waals surface area contributed by atoms with Crippen molar-refractivity contribution in [3.63, 3.8) is 0 Å². The Bertz CT molecular complexity index is 519. The summed E-state index contributed by atoms with van der Waals surface area (Å²) < 4.78 is 10.4. The smallest absolute Gasteiger partial charge is 0.320 e. The van der Waals surface area contributed by atoms with Crippen molar-refractivity contribution in [3.05, 3.63) is 23.8 Å². The van der Waals surface area contributed by atoms with E-state index < -0.39 is 18.1 Å². The van der Waals surface area contributed by atoms with E-state index in [1.165, 1.54) is 0 Å². The molecule has 0 amide bonds. The average molecular weight is 309 g/mol. The van der Waals surface area contributed by atoms with E-state index in [9.17, 15) is 9.90 Å². The average Bonchev–Trinajstić information content (AvgIpc) is 3.00. The van der Waals surface area contributed by atoms with Crippen LogP contribution in [-0.4, -0.2) is 54.4 Å². The molecule has 0 aromatic heterocycles. The number of aliphatic hydroxyl groups is 1. The number of carboxylic acid groups (broad SMARTS) is 1. The van der Waals surface area contributed by atoms with E-state index in [1.807, 2.05) is 4.90 Å². The molecule has 1 aromatic carbocycles. The molecule has 6 nitrogen and oxygen atoms in total. The molecule has 0 spiro atoms.